The maximum atomic E-state index is 12.9. The van der Waals surface area contributed by atoms with Gasteiger partial charge in [0.1, 0.15) is 0 Å². The monoisotopic (exact) mass is 511 g/mol. The summed E-state index contributed by atoms with van der Waals surface area (Å²) in [5, 5.41) is 25.9. The first kappa shape index (κ1) is 26.3. The molecule has 11 heteroatoms. The maximum Gasteiger partial charge on any atom is 0.253 e. The number of hydrogen-bond acceptors (Lipinski definition) is 8. The minimum absolute atomic E-state index is 0.0284. The first-order valence-electron chi connectivity index (χ1n) is 12.4. The molecule has 0 radical (unpaired) electrons. The summed E-state index contributed by atoms with van der Waals surface area (Å²) in [5.41, 5.74) is 2.14. The molecule has 1 aliphatic heterocycles. The van der Waals surface area contributed by atoms with Crippen LogP contribution in [0.3, 0.4) is 0 Å². The van der Waals surface area contributed by atoms with E-state index >= 15 is 0 Å². The Kier molecular flexibility index (Phi) is 7.97. The van der Waals surface area contributed by atoms with E-state index in [1.807, 2.05) is 13.1 Å². The minimum Gasteiger partial charge on any atom is -0.339 e. The van der Waals surface area contributed by atoms with Gasteiger partial charge in [0, 0.05) is 68.7 Å². The van der Waals surface area contributed by atoms with E-state index in [2.05, 4.69) is 32.5 Å². The predicted octanol–water partition coefficient (Wildman–Crippen LogP) is 3.32. The highest BCUT2D eigenvalue weighted by molar-refractivity contribution is 5.94. The zero-order chi connectivity index (χ0) is 27.1. The molecule has 11 nitrogen and oxygen atoms in total. The van der Waals surface area contributed by atoms with Gasteiger partial charge < -0.3 is 15.1 Å². The molecule has 0 aliphatic carbocycles. The van der Waals surface area contributed by atoms with Crippen molar-refractivity contribution in [3.8, 4) is 23.4 Å². The zero-order valence-electron chi connectivity index (χ0n) is 21.5. The van der Waals surface area contributed by atoms with E-state index in [0.29, 0.717) is 56.2 Å². The van der Waals surface area contributed by atoms with Crippen LogP contribution in [0.1, 0.15) is 43.5 Å². The molecule has 1 saturated heterocycles. The van der Waals surface area contributed by atoms with E-state index in [9.17, 15) is 14.9 Å². The molecule has 1 aromatic carbocycles. The van der Waals surface area contributed by atoms with Crippen molar-refractivity contribution < 1.29 is 9.59 Å². The van der Waals surface area contributed by atoms with Gasteiger partial charge in [-0.25, -0.2) is 9.97 Å². The highest BCUT2D eigenvalue weighted by Gasteiger charge is 2.27. The van der Waals surface area contributed by atoms with E-state index in [0.717, 1.165) is 11.3 Å². The van der Waals surface area contributed by atoms with Crippen LogP contribution in [0, 0.1) is 22.7 Å². The van der Waals surface area contributed by atoms with Crippen molar-refractivity contribution in [3.63, 3.8) is 0 Å². The van der Waals surface area contributed by atoms with E-state index in [-0.39, 0.29) is 18.2 Å². The van der Waals surface area contributed by atoms with Crippen molar-refractivity contribution >= 4 is 23.5 Å². The molecular formula is C27H29N9O2. The molecule has 194 valence electrons. The van der Waals surface area contributed by atoms with Crippen molar-refractivity contribution in [2.75, 3.05) is 31.5 Å². The van der Waals surface area contributed by atoms with Crippen molar-refractivity contribution in [3.05, 3.63) is 54.5 Å². The lowest BCUT2D eigenvalue weighted by molar-refractivity contribution is -0.130. The Hall–Kier alpha value is -4.77. The van der Waals surface area contributed by atoms with Crippen molar-refractivity contribution in [1.29, 1.82) is 10.5 Å². The van der Waals surface area contributed by atoms with E-state index < -0.39 is 5.54 Å². The Balaban J connectivity index is 1.43. The number of amides is 2. The molecule has 1 unspecified atom stereocenters. The molecule has 0 spiro atoms. The van der Waals surface area contributed by atoms with Crippen LogP contribution in [-0.4, -0.2) is 67.5 Å². The molecule has 1 atom stereocenters. The highest BCUT2D eigenvalue weighted by atomic mass is 16.2. The fourth-order valence-electron chi connectivity index (χ4n) is 4.34. The van der Waals surface area contributed by atoms with Crippen LogP contribution in [0.5, 0.6) is 0 Å². The van der Waals surface area contributed by atoms with E-state index in [1.54, 1.807) is 64.1 Å². The molecule has 1 N–H and O–H groups in total. The lowest BCUT2D eigenvalue weighted by Gasteiger charge is -2.34. The number of nitriles is 2. The Morgan fingerprint density at radius 1 is 1.05 bits per heavy atom. The number of nitrogens with zero attached hydrogens (tertiary/aromatic N) is 8. The number of aromatic nitrogens is 4. The maximum absolute atomic E-state index is 12.9. The number of hydrogen-bond donors (Lipinski definition) is 1. The summed E-state index contributed by atoms with van der Waals surface area (Å²) in [6.07, 6.45) is 6.24. The fraction of sp³-hybridized carbons (Fsp3) is 0.370. The molecule has 38 heavy (non-hydrogen) atoms. The number of carbonyl (C=O) groups is 2. The standard InChI is InChI=1S/C27H29N9O2/c1-20(37)34-14-16-35(17-15-34)25(38)21-4-6-23(7-5-21)32-26-30-13-8-24(33-26)22-18-31-36(19-22)27(2,10-12-29)9-3-11-28/h4-8,13,18-19H,3,9-10,14-17H2,1-2H3,(H,30,32,33). The van der Waals surface area contributed by atoms with Crippen LogP contribution in [0.4, 0.5) is 11.6 Å². The number of rotatable bonds is 8. The molecule has 4 rings (SSSR count). The summed E-state index contributed by atoms with van der Waals surface area (Å²) in [4.78, 5) is 36.8. The summed E-state index contributed by atoms with van der Waals surface area (Å²) in [7, 11) is 0. The van der Waals surface area contributed by atoms with Crippen LogP contribution in [-0.2, 0) is 10.3 Å². The average molecular weight is 512 g/mol. The molecule has 3 aromatic rings. The second-order valence-electron chi connectivity index (χ2n) is 9.43. The molecule has 0 saturated carbocycles. The van der Waals surface area contributed by atoms with Gasteiger partial charge in [-0.15, -0.1) is 0 Å². The first-order valence-corrected chi connectivity index (χ1v) is 12.4. The molecule has 2 aromatic heterocycles. The highest BCUT2D eigenvalue weighted by Crippen LogP contribution is 2.28. The van der Waals surface area contributed by atoms with Crippen molar-refractivity contribution in [2.45, 2.75) is 38.6 Å². The summed E-state index contributed by atoms with van der Waals surface area (Å²) in [6.45, 7) is 5.58. The van der Waals surface area contributed by atoms with Gasteiger partial charge in [0.25, 0.3) is 5.91 Å². The lowest BCUT2D eigenvalue weighted by Crippen LogP contribution is -2.50. The fourth-order valence-corrected chi connectivity index (χ4v) is 4.34. The molecule has 3 heterocycles. The lowest BCUT2D eigenvalue weighted by atomic mass is 9.93. The third-order valence-corrected chi connectivity index (χ3v) is 6.72. The van der Waals surface area contributed by atoms with Gasteiger partial charge in [0.15, 0.2) is 0 Å². The van der Waals surface area contributed by atoms with Crippen LogP contribution in [0.25, 0.3) is 11.3 Å². The summed E-state index contributed by atoms with van der Waals surface area (Å²) in [5.74, 6) is 0.354. The third kappa shape index (κ3) is 5.95. The third-order valence-electron chi connectivity index (χ3n) is 6.72. The molecule has 1 fully saturated rings. The normalized spacial score (nSPS) is 14.7. The van der Waals surface area contributed by atoms with E-state index in [1.165, 1.54) is 0 Å². The summed E-state index contributed by atoms with van der Waals surface area (Å²) in [6, 6.07) is 13.2. The number of piperazine rings is 1. The van der Waals surface area contributed by atoms with Gasteiger partial charge in [0.2, 0.25) is 11.9 Å². The Bertz CT molecular complexity index is 1380. The number of nitrogens with one attached hydrogen (secondary N) is 1. The van der Waals surface area contributed by atoms with Crippen LogP contribution >= 0.6 is 0 Å². The van der Waals surface area contributed by atoms with Crippen molar-refractivity contribution in [1.82, 2.24) is 29.5 Å². The minimum atomic E-state index is -0.586. The second kappa shape index (κ2) is 11.5. The van der Waals surface area contributed by atoms with Gasteiger partial charge in [-0.1, -0.05) is 0 Å². The Morgan fingerprint density at radius 3 is 2.42 bits per heavy atom. The van der Waals surface area contributed by atoms with Gasteiger partial charge in [-0.05, 0) is 43.7 Å². The summed E-state index contributed by atoms with van der Waals surface area (Å²) >= 11 is 0. The van der Waals surface area contributed by atoms with Crippen LogP contribution in [0.15, 0.2) is 48.9 Å². The van der Waals surface area contributed by atoms with Crippen molar-refractivity contribution in [2.24, 2.45) is 0 Å². The molecule has 1 aliphatic rings. The predicted molar refractivity (Wildman–Crippen MR) is 140 cm³/mol. The Labute approximate surface area is 221 Å². The van der Waals surface area contributed by atoms with Gasteiger partial charge in [0.05, 0.1) is 36.0 Å². The molecule has 2 amide bonds. The topological polar surface area (TPSA) is 144 Å². The van der Waals surface area contributed by atoms with Gasteiger partial charge in [-0.2, -0.15) is 15.6 Å². The number of benzene rings is 1. The van der Waals surface area contributed by atoms with Crippen LogP contribution in [0.2, 0.25) is 0 Å². The van der Waals surface area contributed by atoms with E-state index in [4.69, 9.17) is 5.26 Å². The van der Waals surface area contributed by atoms with Gasteiger partial charge >= 0.3 is 0 Å². The quantitative estimate of drug-likeness (QED) is 0.485. The molecule has 0 bridgehead atoms. The number of anilines is 2. The summed E-state index contributed by atoms with van der Waals surface area (Å²) < 4.78 is 1.73. The Morgan fingerprint density at radius 2 is 1.76 bits per heavy atom. The number of carbonyl (C=O) groups excluding carboxylic acids is 2. The van der Waals surface area contributed by atoms with Crippen LogP contribution < -0.4 is 5.32 Å². The second-order valence-corrected chi connectivity index (χ2v) is 9.43. The smallest absolute Gasteiger partial charge is 0.253 e. The average Bonchev–Trinajstić information content (AvgIpc) is 3.44. The zero-order valence-corrected chi connectivity index (χ0v) is 21.5. The SMILES string of the molecule is CC(=O)N1CCN(C(=O)c2ccc(Nc3nccc(-c4cnn(C(C)(CC#N)CCC#N)c4)n3)cc2)CC1. The molecular weight excluding hydrogens is 482 g/mol. The largest absolute Gasteiger partial charge is 0.339 e. The first-order chi connectivity index (χ1) is 18.3. The van der Waals surface area contributed by atoms with Gasteiger partial charge in [-0.3, -0.25) is 14.3 Å².